The molecule has 0 radical (unpaired) electrons. The first-order chi connectivity index (χ1) is 9.61. The third-order valence-corrected chi connectivity index (χ3v) is 3.36. The van der Waals surface area contributed by atoms with E-state index in [1.807, 2.05) is 18.2 Å². The molecule has 104 valence electrons. The zero-order valence-electron chi connectivity index (χ0n) is 10.8. The van der Waals surface area contributed by atoms with E-state index in [1.165, 1.54) is 0 Å². The second kappa shape index (κ2) is 6.43. The zero-order chi connectivity index (χ0) is 14.5. The molecule has 0 saturated heterocycles. The highest BCUT2D eigenvalue weighted by atomic mass is 79.9. The molecule has 2 aromatic carbocycles. The Bertz CT molecular complexity index is 608. The molecule has 5 heteroatoms. The van der Waals surface area contributed by atoms with Crippen LogP contribution in [0.2, 0.25) is 0 Å². The van der Waals surface area contributed by atoms with Crippen LogP contribution in [0.5, 0.6) is 11.5 Å². The third-order valence-electron chi connectivity index (χ3n) is 2.73. The summed E-state index contributed by atoms with van der Waals surface area (Å²) in [5.74, 6) is 0.323. The SMILES string of the molecule is COc1cccc(Br)c1OCc1ccc(C(=O)O)cc1. The first-order valence-electron chi connectivity index (χ1n) is 5.89. The van der Waals surface area contributed by atoms with Gasteiger partial charge in [0.15, 0.2) is 11.5 Å². The first kappa shape index (κ1) is 14.4. The topological polar surface area (TPSA) is 55.8 Å². The Morgan fingerprint density at radius 2 is 1.90 bits per heavy atom. The van der Waals surface area contributed by atoms with Gasteiger partial charge in [-0.15, -0.1) is 0 Å². The molecule has 0 heterocycles. The zero-order valence-corrected chi connectivity index (χ0v) is 12.4. The lowest BCUT2D eigenvalue weighted by Crippen LogP contribution is -2.00. The minimum absolute atomic E-state index is 0.257. The number of hydrogen-bond acceptors (Lipinski definition) is 3. The molecule has 0 spiro atoms. The second-order valence-electron chi connectivity index (χ2n) is 4.06. The lowest BCUT2D eigenvalue weighted by molar-refractivity contribution is 0.0697. The molecule has 0 aliphatic carbocycles. The average Bonchev–Trinajstić information content (AvgIpc) is 2.46. The standard InChI is InChI=1S/C15H13BrO4/c1-19-13-4-2-3-12(16)14(13)20-9-10-5-7-11(8-6-10)15(17)18/h2-8H,9H2,1H3,(H,17,18). The lowest BCUT2D eigenvalue weighted by atomic mass is 10.1. The summed E-state index contributed by atoms with van der Waals surface area (Å²) in [6, 6.07) is 12.1. The van der Waals surface area contributed by atoms with Crippen LogP contribution in [0.25, 0.3) is 0 Å². The maximum Gasteiger partial charge on any atom is 0.335 e. The van der Waals surface area contributed by atoms with Gasteiger partial charge in [-0.1, -0.05) is 18.2 Å². The normalized spacial score (nSPS) is 10.1. The highest BCUT2D eigenvalue weighted by molar-refractivity contribution is 9.10. The summed E-state index contributed by atoms with van der Waals surface area (Å²) < 4.78 is 11.8. The van der Waals surface area contributed by atoms with Crippen LogP contribution in [-0.4, -0.2) is 18.2 Å². The summed E-state index contributed by atoms with van der Waals surface area (Å²) in [6.45, 7) is 0.332. The van der Waals surface area contributed by atoms with Gasteiger partial charge in [0.1, 0.15) is 6.61 Å². The van der Waals surface area contributed by atoms with E-state index in [9.17, 15) is 4.79 Å². The van der Waals surface area contributed by atoms with Gasteiger partial charge >= 0.3 is 5.97 Å². The van der Waals surface area contributed by atoms with Crippen LogP contribution in [0.3, 0.4) is 0 Å². The smallest absolute Gasteiger partial charge is 0.335 e. The summed E-state index contributed by atoms with van der Waals surface area (Å²) in [5.41, 5.74) is 1.14. The summed E-state index contributed by atoms with van der Waals surface area (Å²) in [5, 5.41) is 8.83. The summed E-state index contributed by atoms with van der Waals surface area (Å²) in [4.78, 5) is 10.8. The highest BCUT2D eigenvalue weighted by Gasteiger charge is 2.09. The molecule has 4 nitrogen and oxygen atoms in total. The van der Waals surface area contributed by atoms with Gasteiger partial charge in [-0.2, -0.15) is 0 Å². The maximum absolute atomic E-state index is 10.8. The van der Waals surface area contributed by atoms with E-state index in [0.717, 1.165) is 10.0 Å². The van der Waals surface area contributed by atoms with E-state index in [2.05, 4.69) is 15.9 Å². The molecule has 0 amide bonds. The van der Waals surface area contributed by atoms with Crippen LogP contribution in [0.15, 0.2) is 46.9 Å². The van der Waals surface area contributed by atoms with Gasteiger partial charge in [-0.25, -0.2) is 4.79 Å². The molecule has 1 N–H and O–H groups in total. The van der Waals surface area contributed by atoms with Crippen molar-refractivity contribution in [1.82, 2.24) is 0 Å². The Morgan fingerprint density at radius 3 is 2.50 bits per heavy atom. The molecule has 2 rings (SSSR count). The highest BCUT2D eigenvalue weighted by Crippen LogP contribution is 2.35. The summed E-state index contributed by atoms with van der Waals surface area (Å²) >= 11 is 3.41. The van der Waals surface area contributed by atoms with E-state index in [-0.39, 0.29) is 5.56 Å². The summed E-state index contributed by atoms with van der Waals surface area (Å²) in [7, 11) is 1.58. The number of ether oxygens (including phenoxy) is 2. The number of methoxy groups -OCH3 is 1. The molecule has 0 atom stereocenters. The second-order valence-corrected chi connectivity index (χ2v) is 4.92. The Hall–Kier alpha value is -2.01. The van der Waals surface area contributed by atoms with Gasteiger partial charge in [0, 0.05) is 0 Å². The van der Waals surface area contributed by atoms with E-state index >= 15 is 0 Å². The van der Waals surface area contributed by atoms with Crippen LogP contribution < -0.4 is 9.47 Å². The van der Waals surface area contributed by atoms with Crippen LogP contribution in [0, 0.1) is 0 Å². The van der Waals surface area contributed by atoms with Crippen LogP contribution in [0.1, 0.15) is 15.9 Å². The van der Waals surface area contributed by atoms with Crippen molar-refractivity contribution in [3.05, 3.63) is 58.1 Å². The van der Waals surface area contributed by atoms with Crippen LogP contribution in [-0.2, 0) is 6.61 Å². The van der Waals surface area contributed by atoms with Crippen molar-refractivity contribution in [2.75, 3.05) is 7.11 Å². The van der Waals surface area contributed by atoms with Crippen molar-refractivity contribution in [3.63, 3.8) is 0 Å². The third kappa shape index (κ3) is 3.30. The van der Waals surface area contributed by atoms with Crippen LogP contribution >= 0.6 is 15.9 Å². The van der Waals surface area contributed by atoms with E-state index in [1.54, 1.807) is 31.4 Å². The Kier molecular flexibility index (Phi) is 4.63. The quantitative estimate of drug-likeness (QED) is 0.903. The van der Waals surface area contributed by atoms with Gasteiger partial charge in [0.2, 0.25) is 0 Å². The van der Waals surface area contributed by atoms with Gasteiger partial charge in [0.25, 0.3) is 0 Å². The molecule has 20 heavy (non-hydrogen) atoms. The van der Waals surface area contributed by atoms with Crippen molar-refractivity contribution >= 4 is 21.9 Å². The van der Waals surface area contributed by atoms with Crippen molar-refractivity contribution in [3.8, 4) is 11.5 Å². The number of aromatic carboxylic acids is 1. The molecule has 0 aromatic heterocycles. The monoisotopic (exact) mass is 336 g/mol. The minimum atomic E-state index is -0.940. The molecule has 0 fully saturated rings. The number of carboxylic acid groups (broad SMARTS) is 1. The molecule has 0 saturated carbocycles. The van der Waals surface area contributed by atoms with Crippen molar-refractivity contribution in [1.29, 1.82) is 0 Å². The molecule has 0 unspecified atom stereocenters. The predicted molar refractivity (Wildman–Crippen MR) is 78.4 cm³/mol. The Labute approximate surface area is 125 Å². The van der Waals surface area contributed by atoms with E-state index in [0.29, 0.717) is 18.1 Å². The van der Waals surface area contributed by atoms with Crippen molar-refractivity contribution in [2.24, 2.45) is 0 Å². The summed E-state index contributed by atoms with van der Waals surface area (Å²) in [6.07, 6.45) is 0. The molecular weight excluding hydrogens is 324 g/mol. The fourth-order valence-corrected chi connectivity index (χ4v) is 2.15. The fraction of sp³-hybridized carbons (Fsp3) is 0.133. The van der Waals surface area contributed by atoms with Gasteiger partial charge in [-0.05, 0) is 45.8 Å². The molecule has 0 aliphatic heterocycles. The fourth-order valence-electron chi connectivity index (χ4n) is 1.69. The first-order valence-corrected chi connectivity index (χ1v) is 6.68. The predicted octanol–water partition coefficient (Wildman–Crippen LogP) is 3.73. The number of para-hydroxylation sites is 1. The molecule has 2 aromatic rings. The number of carbonyl (C=O) groups is 1. The van der Waals surface area contributed by atoms with E-state index < -0.39 is 5.97 Å². The van der Waals surface area contributed by atoms with Gasteiger partial charge in [-0.3, -0.25) is 0 Å². The van der Waals surface area contributed by atoms with Gasteiger partial charge in [0.05, 0.1) is 17.1 Å². The number of rotatable bonds is 5. The molecular formula is C15H13BrO4. The van der Waals surface area contributed by atoms with Crippen molar-refractivity contribution < 1.29 is 19.4 Å². The Morgan fingerprint density at radius 1 is 1.20 bits per heavy atom. The van der Waals surface area contributed by atoms with Crippen LogP contribution in [0.4, 0.5) is 0 Å². The van der Waals surface area contributed by atoms with Gasteiger partial charge < -0.3 is 14.6 Å². The van der Waals surface area contributed by atoms with Crippen molar-refractivity contribution in [2.45, 2.75) is 6.61 Å². The average molecular weight is 337 g/mol. The number of carboxylic acids is 1. The lowest BCUT2D eigenvalue weighted by Gasteiger charge is -2.12. The number of halogens is 1. The number of hydrogen-bond donors (Lipinski definition) is 1. The Balaban J connectivity index is 2.11. The largest absolute Gasteiger partial charge is 0.493 e. The molecule has 0 bridgehead atoms. The number of benzene rings is 2. The van der Waals surface area contributed by atoms with E-state index in [4.69, 9.17) is 14.6 Å². The molecule has 0 aliphatic rings. The minimum Gasteiger partial charge on any atom is -0.493 e. The maximum atomic E-state index is 10.8.